The summed E-state index contributed by atoms with van der Waals surface area (Å²) in [6.07, 6.45) is 4.70. The van der Waals surface area contributed by atoms with Crippen molar-refractivity contribution in [3.63, 3.8) is 0 Å². The minimum atomic E-state index is 0.366. The van der Waals surface area contributed by atoms with Gasteiger partial charge in [0.15, 0.2) is 0 Å². The molecule has 2 heterocycles. The van der Waals surface area contributed by atoms with Crippen LogP contribution >= 0.6 is 11.8 Å². The van der Waals surface area contributed by atoms with Crippen molar-refractivity contribution in [1.82, 2.24) is 15.8 Å². The molecule has 4 nitrogen and oxygen atoms in total. The molecule has 1 aromatic carbocycles. The summed E-state index contributed by atoms with van der Waals surface area (Å²) in [6, 6.07) is 10.1. The van der Waals surface area contributed by atoms with Crippen LogP contribution in [0.4, 0.5) is 0 Å². The minimum absolute atomic E-state index is 0.366. The molecule has 5 heteroatoms. The molecular weight excluding hydrogens is 306 g/mol. The molecule has 0 spiro atoms. The van der Waals surface area contributed by atoms with Crippen molar-refractivity contribution in [2.75, 3.05) is 32.2 Å². The molecule has 4 unspecified atom stereocenters. The first-order valence-electron chi connectivity index (χ1n) is 8.61. The van der Waals surface area contributed by atoms with Crippen LogP contribution in [0.1, 0.15) is 31.4 Å². The third-order valence-electron chi connectivity index (χ3n) is 5.36. The molecule has 0 radical (unpaired) electrons. The molecule has 0 saturated carbocycles. The summed E-state index contributed by atoms with van der Waals surface area (Å²) in [7, 11) is 1.73. The number of hydrazine groups is 1. The van der Waals surface area contributed by atoms with Crippen LogP contribution in [0, 0.1) is 5.92 Å². The number of hydrogen-bond acceptors (Lipinski definition) is 5. The second-order valence-corrected chi connectivity index (χ2v) is 7.71. The first-order valence-corrected chi connectivity index (χ1v) is 10.00. The molecule has 2 N–H and O–H groups in total. The van der Waals surface area contributed by atoms with E-state index in [1.54, 1.807) is 7.11 Å². The average Bonchev–Trinajstić information content (AvgIpc) is 3.02. The Bertz CT molecular complexity index is 513. The average molecular weight is 336 g/mol. The Kier molecular flexibility index (Phi) is 5.85. The standard InChI is InChI=1S/C18H29N3OS/c1-13(8-10-23-3)21-9-7-17-16(12-21)18(20-19-17)14-5-4-6-15(11-14)22-2/h4-6,11,13,16-20H,7-10,12H2,1-3H3. The highest BCUT2D eigenvalue weighted by Crippen LogP contribution is 2.35. The van der Waals surface area contributed by atoms with Gasteiger partial charge in [0.05, 0.1) is 13.2 Å². The van der Waals surface area contributed by atoms with Gasteiger partial charge in [-0.1, -0.05) is 12.1 Å². The number of benzene rings is 1. The molecule has 2 aliphatic heterocycles. The molecule has 4 atom stereocenters. The first kappa shape index (κ1) is 17.1. The normalized spacial score (nSPS) is 29.3. The van der Waals surface area contributed by atoms with Crippen LogP contribution in [0.2, 0.25) is 0 Å². The fourth-order valence-electron chi connectivity index (χ4n) is 3.87. The Hall–Kier alpha value is -0.750. The van der Waals surface area contributed by atoms with Crippen LogP contribution in [0.5, 0.6) is 5.75 Å². The van der Waals surface area contributed by atoms with Gasteiger partial charge in [0, 0.05) is 24.5 Å². The molecule has 3 rings (SSSR count). The fourth-order valence-corrected chi connectivity index (χ4v) is 4.44. The van der Waals surface area contributed by atoms with Gasteiger partial charge in [0.1, 0.15) is 5.75 Å². The van der Waals surface area contributed by atoms with E-state index in [1.165, 1.54) is 37.2 Å². The largest absolute Gasteiger partial charge is 0.497 e. The van der Waals surface area contributed by atoms with Crippen molar-refractivity contribution in [2.45, 2.75) is 37.9 Å². The zero-order valence-electron chi connectivity index (χ0n) is 14.4. The van der Waals surface area contributed by atoms with E-state index in [-0.39, 0.29) is 0 Å². The van der Waals surface area contributed by atoms with Gasteiger partial charge in [-0.05, 0) is 56.0 Å². The molecule has 0 bridgehead atoms. The third kappa shape index (κ3) is 3.85. The Labute approximate surface area is 144 Å². The number of piperidine rings is 1. The molecule has 128 valence electrons. The third-order valence-corrected chi connectivity index (χ3v) is 6.00. The summed E-state index contributed by atoms with van der Waals surface area (Å²) in [5.74, 6) is 2.81. The van der Waals surface area contributed by atoms with Crippen LogP contribution in [0.3, 0.4) is 0 Å². The number of thioether (sulfide) groups is 1. The highest BCUT2D eigenvalue weighted by Gasteiger charge is 2.41. The molecule has 2 saturated heterocycles. The summed E-state index contributed by atoms with van der Waals surface area (Å²) in [5, 5.41) is 0. The molecule has 0 amide bonds. The van der Waals surface area contributed by atoms with Gasteiger partial charge >= 0.3 is 0 Å². The maximum atomic E-state index is 5.39. The quantitative estimate of drug-likeness (QED) is 0.836. The lowest BCUT2D eigenvalue weighted by Crippen LogP contribution is -2.48. The van der Waals surface area contributed by atoms with Crippen molar-refractivity contribution in [3.05, 3.63) is 29.8 Å². The zero-order valence-corrected chi connectivity index (χ0v) is 15.2. The van der Waals surface area contributed by atoms with Crippen LogP contribution in [-0.4, -0.2) is 49.2 Å². The van der Waals surface area contributed by atoms with Crippen LogP contribution < -0.4 is 15.6 Å². The Morgan fingerprint density at radius 2 is 2.26 bits per heavy atom. The second-order valence-electron chi connectivity index (χ2n) is 6.73. The summed E-state index contributed by atoms with van der Waals surface area (Å²) in [4.78, 5) is 2.68. The van der Waals surface area contributed by atoms with Crippen LogP contribution in [-0.2, 0) is 0 Å². The van der Waals surface area contributed by atoms with Gasteiger partial charge in [-0.25, -0.2) is 5.43 Å². The molecule has 0 aliphatic carbocycles. The summed E-state index contributed by atoms with van der Waals surface area (Å²) in [5.41, 5.74) is 8.38. The molecule has 0 aromatic heterocycles. The number of ether oxygens (including phenoxy) is 1. The first-order chi connectivity index (χ1) is 11.2. The number of fused-ring (bicyclic) bond motifs is 1. The highest BCUT2D eigenvalue weighted by atomic mass is 32.2. The van der Waals surface area contributed by atoms with Crippen LogP contribution in [0.25, 0.3) is 0 Å². The molecule has 23 heavy (non-hydrogen) atoms. The summed E-state index contributed by atoms with van der Waals surface area (Å²) in [6.45, 7) is 4.76. The van der Waals surface area contributed by atoms with E-state index in [1.807, 2.05) is 17.8 Å². The highest BCUT2D eigenvalue weighted by molar-refractivity contribution is 7.98. The molecule has 2 aliphatic rings. The number of likely N-dealkylation sites (tertiary alicyclic amines) is 1. The van der Waals surface area contributed by atoms with Gasteiger partial charge in [-0.3, -0.25) is 5.43 Å². The van der Waals surface area contributed by atoms with Crippen molar-refractivity contribution >= 4 is 11.8 Å². The monoisotopic (exact) mass is 335 g/mol. The lowest BCUT2D eigenvalue weighted by molar-refractivity contribution is 0.114. The minimum Gasteiger partial charge on any atom is -0.497 e. The molecule has 2 fully saturated rings. The summed E-state index contributed by atoms with van der Waals surface area (Å²) >= 11 is 1.95. The van der Waals surface area contributed by atoms with Gasteiger partial charge in [0.25, 0.3) is 0 Å². The Morgan fingerprint density at radius 1 is 1.39 bits per heavy atom. The summed E-state index contributed by atoms with van der Waals surface area (Å²) < 4.78 is 5.39. The van der Waals surface area contributed by atoms with Gasteiger partial charge in [0.2, 0.25) is 0 Å². The molecular formula is C18H29N3OS. The van der Waals surface area contributed by atoms with E-state index < -0.39 is 0 Å². The van der Waals surface area contributed by atoms with E-state index in [9.17, 15) is 0 Å². The maximum Gasteiger partial charge on any atom is 0.119 e. The van der Waals surface area contributed by atoms with Gasteiger partial charge < -0.3 is 9.64 Å². The zero-order chi connectivity index (χ0) is 16.2. The lowest BCUT2D eigenvalue weighted by Gasteiger charge is -2.39. The van der Waals surface area contributed by atoms with Gasteiger partial charge in [-0.15, -0.1) is 0 Å². The Morgan fingerprint density at radius 3 is 3.04 bits per heavy atom. The van der Waals surface area contributed by atoms with Crippen molar-refractivity contribution in [2.24, 2.45) is 5.92 Å². The SMILES string of the molecule is COc1cccc(C2NNC3CCN(C(C)CCSC)CC32)c1. The second kappa shape index (κ2) is 7.88. The number of hydrogen-bond donors (Lipinski definition) is 2. The van der Waals surface area contributed by atoms with E-state index >= 15 is 0 Å². The van der Waals surface area contributed by atoms with E-state index in [4.69, 9.17) is 4.74 Å². The molecule has 1 aromatic rings. The smallest absolute Gasteiger partial charge is 0.119 e. The van der Waals surface area contributed by atoms with Crippen molar-refractivity contribution in [3.8, 4) is 5.75 Å². The number of nitrogens with one attached hydrogen (secondary N) is 2. The van der Waals surface area contributed by atoms with E-state index in [2.05, 4.69) is 47.1 Å². The van der Waals surface area contributed by atoms with Crippen molar-refractivity contribution in [1.29, 1.82) is 0 Å². The predicted octanol–water partition coefficient (Wildman–Crippen LogP) is 2.68. The maximum absolute atomic E-state index is 5.39. The Balaban J connectivity index is 1.69. The van der Waals surface area contributed by atoms with E-state index in [0.29, 0.717) is 24.0 Å². The van der Waals surface area contributed by atoms with Crippen LogP contribution in [0.15, 0.2) is 24.3 Å². The number of nitrogens with zero attached hydrogens (tertiary/aromatic N) is 1. The number of methoxy groups -OCH3 is 1. The van der Waals surface area contributed by atoms with E-state index in [0.717, 1.165) is 5.75 Å². The fraction of sp³-hybridized carbons (Fsp3) is 0.667. The van der Waals surface area contributed by atoms with Gasteiger partial charge in [-0.2, -0.15) is 11.8 Å². The lowest BCUT2D eigenvalue weighted by atomic mass is 9.84. The topological polar surface area (TPSA) is 36.5 Å². The van der Waals surface area contributed by atoms with Crippen molar-refractivity contribution < 1.29 is 4.74 Å². The number of rotatable bonds is 6. The predicted molar refractivity (Wildman–Crippen MR) is 97.9 cm³/mol.